The fourth-order valence-electron chi connectivity index (χ4n) is 3.90. The lowest BCUT2D eigenvalue weighted by Gasteiger charge is -2.34. The maximum Gasteiger partial charge on any atom is 0.227 e. The van der Waals surface area contributed by atoms with Gasteiger partial charge in [0, 0.05) is 35.1 Å². The van der Waals surface area contributed by atoms with E-state index in [2.05, 4.69) is 20.3 Å². The number of fused-ring (bicyclic) bond motifs is 2. The third kappa shape index (κ3) is 3.68. The zero-order chi connectivity index (χ0) is 22.2. The van der Waals surface area contributed by atoms with Crippen molar-refractivity contribution < 1.29 is 13.5 Å². The van der Waals surface area contributed by atoms with Crippen LogP contribution in [0.3, 0.4) is 0 Å². The standard InChI is InChI=1S/C24H21F2N5O/c1-14(2)31-7-8-32-23-19(25)10-16(11-21(23)31)22-20(26)13-28-24(30-22)29-18-4-3-15-5-6-27-12-17(15)9-18/h3-6,9-14H,7-8H2,1-2H3,(H,28,29,30). The molecule has 2 aromatic heterocycles. The summed E-state index contributed by atoms with van der Waals surface area (Å²) in [7, 11) is 0. The van der Waals surface area contributed by atoms with Crippen LogP contribution in [0.4, 0.5) is 26.1 Å². The lowest BCUT2D eigenvalue weighted by atomic mass is 10.1. The molecule has 2 aromatic carbocycles. The van der Waals surface area contributed by atoms with Gasteiger partial charge >= 0.3 is 0 Å². The normalized spacial score (nSPS) is 13.2. The van der Waals surface area contributed by atoms with Gasteiger partial charge < -0.3 is 15.0 Å². The molecule has 0 radical (unpaired) electrons. The topological polar surface area (TPSA) is 63.2 Å². The van der Waals surface area contributed by atoms with Crippen molar-refractivity contribution >= 4 is 28.1 Å². The molecule has 5 rings (SSSR count). The Balaban J connectivity index is 1.52. The smallest absolute Gasteiger partial charge is 0.227 e. The van der Waals surface area contributed by atoms with Crippen LogP contribution in [0.15, 0.2) is 55.0 Å². The first-order chi connectivity index (χ1) is 15.5. The molecule has 4 aromatic rings. The molecule has 1 aliphatic heterocycles. The van der Waals surface area contributed by atoms with Gasteiger partial charge in [0.1, 0.15) is 12.3 Å². The highest BCUT2D eigenvalue weighted by atomic mass is 19.1. The molecule has 0 amide bonds. The minimum atomic E-state index is -0.634. The summed E-state index contributed by atoms with van der Waals surface area (Å²) in [5.74, 6) is -0.783. The Hall–Kier alpha value is -3.81. The van der Waals surface area contributed by atoms with Crippen LogP contribution >= 0.6 is 0 Å². The SMILES string of the molecule is CC(C)N1CCOc2c(F)cc(-c3nc(Nc4ccc5ccncc5c4)ncc3F)cc21. The third-order valence-electron chi connectivity index (χ3n) is 5.45. The van der Waals surface area contributed by atoms with E-state index in [1.807, 2.05) is 43.0 Å². The van der Waals surface area contributed by atoms with E-state index in [4.69, 9.17) is 4.74 Å². The number of hydrogen-bond acceptors (Lipinski definition) is 6. The van der Waals surface area contributed by atoms with Crippen molar-refractivity contribution in [1.82, 2.24) is 15.0 Å². The second kappa shape index (κ2) is 8.03. The number of halogens is 2. The van der Waals surface area contributed by atoms with E-state index < -0.39 is 11.6 Å². The van der Waals surface area contributed by atoms with Crippen molar-refractivity contribution in [3.05, 3.63) is 66.6 Å². The maximum atomic E-state index is 14.8. The molecule has 162 valence electrons. The number of ether oxygens (including phenoxy) is 1. The number of nitrogens with one attached hydrogen (secondary N) is 1. The minimum Gasteiger partial charge on any atom is -0.486 e. The molecule has 32 heavy (non-hydrogen) atoms. The molecule has 0 spiro atoms. The summed E-state index contributed by atoms with van der Waals surface area (Å²) >= 11 is 0. The maximum absolute atomic E-state index is 14.8. The number of anilines is 3. The van der Waals surface area contributed by atoms with Gasteiger partial charge in [0.05, 0.1) is 18.4 Å². The molecule has 1 aliphatic rings. The fourth-order valence-corrected chi connectivity index (χ4v) is 3.90. The second-order valence-electron chi connectivity index (χ2n) is 7.89. The number of pyridine rings is 1. The van der Waals surface area contributed by atoms with Crippen molar-refractivity contribution in [2.75, 3.05) is 23.4 Å². The summed E-state index contributed by atoms with van der Waals surface area (Å²) in [5, 5.41) is 5.09. The van der Waals surface area contributed by atoms with Gasteiger partial charge in [-0.15, -0.1) is 0 Å². The largest absolute Gasteiger partial charge is 0.486 e. The molecule has 1 N–H and O–H groups in total. The van der Waals surface area contributed by atoms with E-state index in [0.29, 0.717) is 24.4 Å². The van der Waals surface area contributed by atoms with E-state index in [-0.39, 0.29) is 23.4 Å². The number of benzene rings is 2. The molecular formula is C24H21F2N5O. The van der Waals surface area contributed by atoms with Crippen molar-refractivity contribution in [2.45, 2.75) is 19.9 Å². The van der Waals surface area contributed by atoms with Gasteiger partial charge in [0.25, 0.3) is 0 Å². The summed E-state index contributed by atoms with van der Waals surface area (Å²) < 4.78 is 35.1. The van der Waals surface area contributed by atoms with Crippen molar-refractivity contribution in [2.24, 2.45) is 0 Å². The van der Waals surface area contributed by atoms with Gasteiger partial charge in [-0.05, 0) is 49.6 Å². The molecule has 0 fully saturated rings. The average molecular weight is 433 g/mol. The number of aromatic nitrogens is 3. The quantitative estimate of drug-likeness (QED) is 0.470. The van der Waals surface area contributed by atoms with Crippen molar-refractivity contribution in [3.8, 4) is 17.0 Å². The predicted octanol–water partition coefficient (Wildman–Crippen LogP) is 5.32. The van der Waals surface area contributed by atoms with E-state index in [9.17, 15) is 8.78 Å². The second-order valence-corrected chi connectivity index (χ2v) is 7.89. The zero-order valence-electron chi connectivity index (χ0n) is 17.6. The summed E-state index contributed by atoms with van der Waals surface area (Å²) in [6.45, 7) is 5.07. The van der Waals surface area contributed by atoms with Gasteiger partial charge in [-0.2, -0.15) is 0 Å². The first-order valence-corrected chi connectivity index (χ1v) is 10.4. The van der Waals surface area contributed by atoms with E-state index in [0.717, 1.165) is 22.7 Å². The molecule has 0 bridgehead atoms. The lowest BCUT2D eigenvalue weighted by Crippen LogP contribution is -2.38. The first-order valence-electron chi connectivity index (χ1n) is 10.4. The van der Waals surface area contributed by atoms with Crippen LogP contribution in [0.1, 0.15) is 13.8 Å². The Bertz CT molecular complexity index is 1310. The van der Waals surface area contributed by atoms with Gasteiger partial charge in [0.2, 0.25) is 5.95 Å². The molecule has 0 saturated heterocycles. The predicted molar refractivity (Wildman–Crippen MR) is 120 cm³/mol. The average Bonchev–Trinajstić information content (AvgIpc) is 2.79. The Labute approximate surface area is 183 Å². The Morgan fingerprint density at radius 1 is 1.03 bits per heavy atom. The van der Waals surface area contributed by atoms with Crippen LogP contribution in [-0.2, 0) is 0 Å². The monoisotopic (exact) mass is 433 g/mol. The van der Waals surface area contributed by atoms with Crippen molar-refractivity contribution in [1.29, 1.82) is 0 Å². The number of rotatable bonds is 4. The fraction of sp³-hybridized carbons (Fsp3) is 0.208. The molecule has 0 saturated carbocycles. The van der Waals surface area contributed by atoms with Crippen LogP contribution in [0.2, 0.25) is 0 Å². The molecule has 3 heterocycles. The summed E-state index contributed by atoms with van der Waals surface area (Å²) in [4.78, 5) is 14.6. The minimum absolute atomic E-state index is 0.0148. The lowest BCUT2D eigenvalue weighted by molar-refractivity contribution is 0.287. The van der Waals surface area contributed by atoms with Crippen LogP contribution in [0.25, 0.3) is 22.0 Å². The highest BCUT2D eigenvalue weighted by molar-refractivity contribution is 5.85. The van der Waals surface area contributed by atoms with E-state index in [1.54, 1.807) is 18.5 Å². The Morgan fingerprint density at radius 2 is 1.91 bits per heavy atom. The van der Waals surface area contributed by atoms with Crippen LogP contribution < -0.4 is 15.0 Å². The summed E-state index contributed by atoms with van der Waals surface area (Å²) in [6, 6.07) is 10.8. The summed E-state index contributed by atoms with van der Waals surface area (Å²) in [5.41, 5.74) is 1.67. The van der Waals surface area contributed by atoms with Gasteiger partial charge in [0.15, 0.2) is 17.4 Å². The summed E-state index contributed by atoms with van der Waals surface area (Å²) in [6.07, 6.45) is 4.57. The Kier molecular flexibility index (Phi) is 5.05. The zero-order valence-corrected chi connectivity index (χ0v) is 17.6. The van der Waals surface area contributed by atoms with Crippen LogP contribution in [0, 0.1) is 11.6 Å². The first kappa shape index (κ1) is 20.1. The van der Waals surface area contributed by atoms with Gasteiger partial charge in [-0.1, -0.05) is 6.07 Å². The molecule has 8 heteroatoms. The molecule has 0 unspecified atom stereocenters. The van der Waals surface area contributed by atoms with E-state index in [1.165, 1.54) is 6.07 Å². The van der Waals surface area contributed by atoms with Gasteiger partial charge in [-0.25, -0.2) is 18.7 Å². The van der Waals surface area contributed by atoms with E-state index >= 15 is 0 Å². The molecule has 6 nitrogen and oxygen atoms in total. The van der Waals surface area contributed by atoms with Gasteiger partial charge in [-0.3, -0.25) is 4.98 Å². The molecular weight excluding hydrogens is 412 g/mol. The number of nitrogens with zero attached hydrogens (tertiary/aromatic N) is 4. The van der Waals surface area contributed by atoms with Crippen molar-refractivity contribution in [3.63, 3.8) is 0 Å². The van der Waals surface area contributed by atoms with Crippen LogP contribution in [0.5, 0.6) is 5.75 Å². The molecule has 0 atom stereocenters. The Morgan fingerprint density at radius 3 is 2.75 bits per heavy atom. The third-order valence-corrected chi connectivity index (χ3v) is 5.45. The highest BCUT2D eigenvalue weighted by Gasteiger charge is 2.25. The molecule has 0 aliphatic carbocycles. The number of hydrogen-bond donors (Lipinski definition) is 1. The van der Waals surface area contributed by atoms with Crippen LogP contribution in [-0.4, -0.2) is 34.1 Å². The highest BCUT2D eigenvalue weighted by Crippen LogP contribution is 2.39.